The average molecular weight is 299 g/mol. The number of nitrogens with two attached hydrogens (primary N) is 1. The Balaban J connectivity index is 1.99. The summed E-state index contributed by atoms with van der Waals surface area (Å²) in [6, 6.07) is 11.0. The van der Waals surface area contributed by atoms with Crippen molar-refractivity contribution in [2.75, 3.05) is 31.3 Å². The molecule has 0 aliphatic heterocycles. The van der Waals surface area contributed by atoms with Gasteiger partial charge in [-0.25, -0.2) is 0 Å². The topological polar surface area (TPSA) is 93.5 Å². The van der Waals surface area contributed by atoms with Gasteiger partial charge in [0, 0.05) is 36.5 Å². The van der Waals surface area contributed by atoms with Gasteiger partial charge in [0.2, 0.25) is 0 Å². The summed E-state index contributed by atoms with van der Waals surface area (Å²) in [5, 5.41) is 13.0. The van der Waals surface area contributed by atoms with Crippen molar-refractivity contribution in [3.63, 3.8) is 0 Å². The molecular formula is C16H17N3O3. The number of ether oxygens (including phenoxy) is 1. The van der Waals surface area contributed by atoms with E-state index in [9.17, 15) is 5.11 Å². The summed E-state index contributed by atoms with van der Waals surface area (Å²) in [4.78, 5) is 4.37. The highest BCUT2D eigenvalue weighted by molar-refractivity contribution is 5.91. The molecule has 0 saturated carbocycles. The summed E-state index contributed by atoms with van der Waals surface area (Å²) in [5.41, 5.74) is 9.26. The molecule has 0 spiro atoms. The molecule has 4 N–H and O–H groups in total. The summed E-state index contributed by atoms with van der Waals surface area (Å²) >= 11 is 0. The Morgan fingerprint density at radius 1 is 1.27 bits per heavy atom. The number of nitrogens with zero attached hydrogens (tertiary/aromatic N) is 1. The molecule has 1 heterocycles. The van der Waals surface area contributed by atoms with E-state index >= 15 is 0 Å². The van der Waals surface area contributed by atoms with Crippen molar-refractivity contribution < 1.29 is 14.3 Å². The third-order valence-corrected chi connectivity index (χ3v) is 3.34. The molecule has 0 fully saturated rings. The number of benzene rings is 2. The fourth-order valence-corrected chi connectivity index (χ4v) is 2.26. The number of fused-ring (bicyclic) bond motifs is 1. The van der Waals surface area contributed by atoms with Gasteiger partial charge in [0.05, 0.1) is 6.61 Å². The molecule has 0 aliphatic carbocycles. The SMILES string of the molecule is COCCNc1nc2cc(-c3ccccc3O)c(N)cc2o1. The highest BCUT2D eigenvalue weighted by atomic mass is 16.5. The first-order chi connectivity index (χ1) is 10.7. The van der Waals surface area contributed by atoms with Crippen LogP contribution in [0.2, 0.25) is 0 Å². The number of anilines is 2. The lowest BCUT2D eigenvalue weighted by atomic mass is 10.0. The average Bonchev–Trinajstić information content (AvgIpc) is 2.89. The monoisotopic (exact) mass is 299 g/mol. The molecule has 6 nitrogen and oxygen atoms in total. The lowest BCUT2D eigenvalue weighted by molar-refractivity contribution is 0.210. The van der Waals surface area contributed by atoms with E-state index < -0.39 is 0 Å². The zero-order chi connectivity index (χ0) is 15.5. The highest BCUT2D eigenvalue weighted by Crippen LogP contribution is 2.36. The fourth-order valence-electron chi connectivity index (χ4n) is 2.26. The lowest BCUT2D eigenvalue weighted by Crippen LogP contribution is -2.07. The number of oxazole rings is 1. The molecule has 1 aromatic heterocycles. The zero-order valence-corrected chi connectivity index (χ0v) is 12.2. The molecule has 0 aliphatic rings. The summed E-state index contributed by atoms with van der Waals surface area (Å²) in [5.74, 6) is 0.176. The van der Waals surface area contributed by atoms with Crippen molar-refractivity contribution >= 4 is 22.8 Å². The van der Waals surface area contributed by atoms with Crippen LogP contribution < -0.4 is 11.1 Å². The molecule has 0 radical (unpaired) electrons. The Morgan fingerprint density at radius 3 is 2.86 bits per heavy atom. The van der Waals surface area contributed by atoms with E-state index in [2.05, 4.69) is 10.3 Å². The van der Waals surface area contributed by atoms with Crippen molar-refractivity contribution in [2.45, 2.75) is 0 Å². The number of para-hydroxylation sites is 1. The minimum atomic E-state index is 0.176. The van der Waals surface area contributed by atoms with E-state index in [1.165, 1.54) is 0 Å². The van der Waals surface area contributed by atoms with E-state index in [1.807, 2.05) is 18.2 Å². The van der Waals surface area contributed by atoms with Crippen LogP contribution in [0, 0.1) is 0 Å². The van der Waals surface area contributed by atoms with Crippen LogP contribution in [0.4, 0.5) is 11.7 Å². The lowest BCUT2D eigenvalue weighted by Gasteiger charge is -2.07. The quantitative estimate of drug-likeness (QED) is 0.495. The van der Waals surface area contributed by atoms with Gasteiger partial charge in [-0.3, -0.25) is 0 Å². The number of hydrogen-bond acceptors (Lipinski definition) is 6. The molecule has 0 unspecified atom stereocenters. The third kappa shape index (κ3) is 2.68. The van der Waals surface area contributed by atoms with Crippen molar-refractivity contribution in [3.8, 4) is 16.9 Å². The first-order valence-electron chi connectivity index (χ1n) is 6.90. The Morgan fingerprint density at radius 2 is 2.09 bits per heavy atom. The van der Waals surface area contributed by atoms with Gasteiger partial charge in [0.15, 0.2) is 5.58 Å². The number of aromatic nitrogens is 1. The van der Waals surface area contributed by atoms with Crippen LogP contribution in [-0.4, -0.2) is 30.4 Å². The van der Waals surface area contributed by atoms with Crippen LogP contribution in [0.3, 0.4) is 0 Å². The summed E-state index contributed by atoms with van der Waals surface area (Å²) in [7, 11) is 1.63. The Bertz CT molecular complexity index is 798. The highest BCUT2D eigenvalue weighted by Gasteiger charge is 2.12. The van der Waals surface area contributed by atoms with Gasteiger partial charge in [0.25, 0.3) is 6.01 Å². The first-order valence-corrected chi connectivity index (χ1v) is 6.90. The summed E-state index contributed by atoms with van der Waals surface area (Å²) in [6.07, 6.45) is 0. The van der Waals surface area contributed by atoms with E-state index in [-0.39, 0.29) is 5.75 Å². The van der Waals surface area contributed by atoms with Crippen LogP contribution in [0.25, 0.3) is 22.2 Å². The molecule has 0 atom stereocenters. The van der Waals surface area contributed by atoms with E-state index in [0.29, 0.717) is 41.5 Å². The third-order valence-electron chi connectivity index (χ3n) is 3.34. The maximum absolute atomic E-state index is 9.98. The first kappa shape index (κ1) is 14.2. The number of rotatable bonds is 5. The Hall–Kier alpha value is -2.73. The second-order valence-corrected chi connectivity index (χ2v) is 4.86. The number of nitrogens with one attached hydrogen (secondary N) is 1. The second kappa shape index (κ2) is 5.95. The van der Waals surface area contributed by atoms with E-state index in [0.717, 1.165) is 5.56 Å². The van der Waals surface area contributed by atoms with Crippen molar-refractivity contribution in [1.29, 1.82) is 0 Å². The number of methoxy groups -OCH3 is 1. The van der Waals surface area contributed by atoms with E-state index in [1.54, 1.807) is 25.3 Å². The van der Waals surface area contributed by atoms with E-state index in [4.69, 9.17) is 14.9 Å². The van der Waals surface area contributed by atoms with Gasteiger partial charge >= 0.3 is 0 Å². The molecular weight excluding hydrogens is 282 g/mol. The largest absolute Gasteiger partial charge is 0.507 e. The van der Waals surface area contributed by atoms with Gasteiger partial charge in [-0.15, -0.1) is 0 Å². The van der Waals surface area contributed by atoms with Crippen molar-refractivity contribution in [1.82, 2.24) is 4.98 Å². The molecule has 3 rings (SSSR count). The van der Waals surface area contributed by atoms with Gasteiger partial charge in [-0.2, -0.15) is 4.98 Å². The standard InChI is InChI=1S/C16H17N3O3/c1-21-7-6-18-16-19-13-8-11(12(17)9-15(13)22-16)10-4-2-3-5-14(10)20/h2-5,8-9,20H,6-7,17H2,1H3,(H,18,19). The van der Waals surface area contributed by atoms with Crippen LogP contribution in [-0.2, 0) is 4.74 Å². The maximum Gasteiger partial charge on any atom is 0.295 e. The smallest absolute Gasteiger partial charge is 0.295 e. The van der Waals surface area contributed by atoms with Gasteiger partial charge < -0.3 is 25.3 Å². The van der Waals surface area contributed by atoms with Crippen LogP contribution in [0.15, 0.2) is 40.8 Å². The van der Waals surface area contributed by atoms with Crippen LogP contribution >= 0.6 is 0 Å². The minimum absolute atomic E-state index is 0.176. The number of aromatic hydroxyl groups is 1. The number of phenolic OH excluding ortho intramolecular Hbond substituents is 1. The number of hydrogen-bond donors (Lipinski definition) is 3. The van der Waals surface area contributed by atoms with Crippen molar-refractivity contribution in [3.05, 3.63) is 36.4 Å². The maximum atomic E-state index is 9.98. The van der Waals surface area contributed by atoms with Crippen molar-refractivity contribution in [2.24, 2.45) is 0 Å². The van der Waals surface area contributed by atoms with Crippen LogP contribution in [0.5, 0.6) is 5.75 Å². The zero-order valence-electron chi connectivity index (χ0n) is 12.2. The predicted molar refractivity (Wildman–Crippen MR) is 85.9 cm³/mol. The molecule has 114 valence electrons. The molecule has 0 amide bonds. The summed E-state index contributed by atoms with van der Waals surface area (Å²) < 4.78 is 10.6. The van der Waals surface area contributed by atoms with Crippen LogP contribution in [0.1, 0.15) is 0 Å². The van der Waals surface area contributed by atoms with Gasteiger partial charge in [-0.05, 0) is 12.1 Å². The van der Waals surface area contributed by atoms with Gasteiger partial charge in [-0.1, -0.05) is 18.2 Å². The molecule has 2 aromatic carbocycles. The molecule has 22 heavy (non-hydrogen) atoms. The normalized spacial score (nSPS) is 11.0. The molecule has 3 aromatic rings. The number of nitrogen functional groups attached to an aromatic ring is 1. The Labute approximate surface area is 127 Å². The minimum Gasteiger partial charge on any atom is -0.507 e. The molecule has 6 heteroatoms. The Kier molecular flexibility index (Phi) is 3.84. The summed E-state index contributed by atoms with van der Waals surface area (Å²) in [6.45, 7) is 1.16. The van der Waals surface area contributed by atoms with Gasteiger partial charge in [0.1, 0.15) is 11.3 Å². The fraction of sp³-hybridized carbons (Fsp3) is 0.188. The second-order valence-electron chi connectivity index (χ2n) is 4.86. The molecule has 0 saturated heterocycles. The predicted octanol–water partition coefficient (Wildman–Crippen LogP) is 2.84. The number of phenols is 1. The molecule has 0 bridgehead atoms.